The summed E-state index contributed by atoms with van der Waals surface area (Å²) >= 11 is 1.74. The molecule has 3 heteroatoms. The lowest BCUT2D eigenvalue weighted by Gasteiger charge is -2.28. The van der Waals surface area contributed by atoms with E-state index >= 15 is 0 Å². The van der Waals surface area contributed by atoms with Crippen LogP contribution in [0.3, 0.4) is 0 Å². The normalized spacial score (nSPS) is 20.0. The summed E-state index contributed by atoms with van der Waals surface area (Å²) in [4.78, 5) is 15.9. The maximum Gasteiger partial charge on any atom is 0.226 e. The van der Waals surface area contributed by atoms with Gasteiger partial charge in [-0.1, -0.05) is 26.0 Å². The largest absolute Gasteiger partial charge is 0.336 e. The number of hydrogen-bond donors (Lipinski definition) is 0. The fourth-order valence-corrected chi connectivity index (χ4v) is 3.06. The second kappa shape index (κ2) is 5.80. The molecule has 20 heavy (non-hydrogen) atoms. The molecule has 0 bridgehead atoms. The molecular formula is C17H25NOS. The van der Waals surface area contributed by atoms with Crippen LogP contribution in [0.25, 0.3) is 0 Å². The Kier molecular flexibility index (Phi) is 4.48. The highest BCUT2D eigenvalue weighted by atomic mass is 32.2. The van der Waals surface area contributed by atoms with Gasteiger partial charge in [0.2, 0.25) is 5.91 Å². The minimum Gasteiger partial charge on any atom is -0.336 e. The first-order valence-corrected chi connectivity index (χ1v) is 8.51. The van der Waals surface area contributed by atoms with Crippen LogP contribution in [0.1, 0.15) is 39.7 Å². The molecule has 1 unspecified atom stereocenters. The van der Waals surface area contributed by atoms with E-state index in [1.807, 2.05) is 4.90 Å². The lowest BCUT2D eigenvalue weighted by molar-refractivity contribution is -0.135. The van der Waals surface area contributed by atoms with Gasteiger partial charge in [-0.25, -0.2) is 0 Å². The lowest BCUT2D eigenvalue weighted by Crippen LogP contribution is -2.38. The maximum atomic E-state index is 12.6. The van der Waals surface area contributed by atoms with Crippen LogP contribution in [0.2, 0.25) is 0 Å². The van der Waals surface area contributed by atoms with Gasteiger partial charge in [-0.05, 0) is 49.6 Å². The standard InChI is InChI=1S/C17H25NOS/c1-12(2)18(16(19)15-10-17(15,3)4)11-13-7-6-8-14(9-13)20-5/h6-9,12,15H,10-11H2,1-5H3. The van der Waals surface area contributed by atoms with Crippen molar-refractivity contribution in [3.63, 3.8) is 0 Å². The van der Waals surface area contributed by atoms with Crippen molar-refractivity contribution in [3.05, 3.63) is 29.8 Å². The number of benzene rings is 1. The summed E-state index contributed by atoms with van der Waals surface area (Å²) in [5, 5.41) is 0. The van der Waals surface area contributed by atoms with Crippen LogP contribution in [0, 0.1) is 11.3 Å². The molecule has 0 saturated heterocycles. The van der Waals surface area contributed by atoms with Gasteiger partial charge in [0.05, 0.1) is 0 Å². The van der Waals surface area contributed by atoms with Crippen LogP contribution in [0.4, 0.5) is 0 Å². The van der Waals surface area contributed by atoms with E-state index in [9.17, 15) is 4.79 Å². The van der Waals surface area contributed by atoms with Crippen LogP contribution in [-0.4, -0.2) is 23.1 Å². The Morgan fingerprint density at radius 2 is 2.10 bits per heavy atom. The molecule has 0 radical (unpaired) electrons. The van der Waals surface area contributed by atoms with Crippen LogP contribution < -0.4 is 0 Å². The fourth-order valence-electron chi connectivity index (χ4n) is 2.57. The molecule has 1 atom stereocenters. The molecular weight excluding hydrogens is 266 g/mol. The van der Waals surface area contributed by atoms with Crippen LogP contribution >= 0.6 is 11.8 Å². The van der Waals surface area contributed by atoms with E-state index in [2.05, 4.69) is 58.2 Å². The van der Waals surface area contributed by atoms with Gasteiger partial charge in [0.1, 0.15) is 0 Å². The van der Waals surface area contributed by atoms with E-state index in [1.54, 1.807) is 11.8 Å². The van der Waals surface area contributed by atoms with Gasteiger partial charge in [-0.15, -0.1) is 11.8 Å². The third kappa shape index (κ3) is 3.38. The van der Waals surface area contributed by atoms with E-state index in [1.165, 1.54) is 10.5 Å². The van der Waals surface area contributed by atoms with Gasteiger partial charge >= 0.3 is 0 Å². The van der Waals surface area contributed by atoms with Crippen LogP contribution in [0.5, 0.6) is 0 Å². The van der Waals surface area contributed by atoms with Gasteiger partial charge in [0.25, 0.3) is 0 Å². The molecule has 1 fully saturated rings. The van der Waals surface area contributed by atoms with Crippen molar-refractivity contribution < 1.29 is 4.79 Å². The molecule has 1 saturated carbocycles. The first kappa shape index (κ1) is 15.4. The number of rotatable bonds is 5. The van der Waals surface area contributed by atoms with E-state index in [4.69, 9.17) is 0 Å². The topological polar surface area (TPSA) is 20.3 Å². The molecule has 2 rings (SSSR count). The first-order chi connectivity index (χ1) is 9.35. The molecule has 110 valence electrons. The van der Waals surface area contributed by atoms with Crippen molar-refractivity contribution >= 4 is 17.7 Å². The van der Waals surface area contributed by atoms with E-state index in [0.717, 1.165) is 13.0 Å². The van der Waals surface area contributed by atoms with E-state index in [-0.39, 0.29) is 17.4 Å². The molecule has 0 spiro atoms. The van der Waals surface area contributed by atoms with Gasteiger partial charge < -0.3 is 4.90 Å². The Hall–Kier alpha value is -0.960. The average Bonchev–Trinajstić information content (AvgIpc) is 3.04. The third-order valence-corrected chi connectivity index (χ3v) is 4.93. The number of thioether (sulfide) groups is 1. The van der Waals surface area contributed by atoms with Crippen molar-refractivity contribution in [2.24, 2.45) is 11.3 Å². The first-order valence-electron chi connectivity index (χ1n) is 7.28. The summed E-state index contributed by atoms with van der Waals surface area (Å²) < 4.78 is 0. The van der Waals surface area contributed by atoms with Crippen LogP contribution in [0.15, 0.2) is 29.2 Å². The van der Waals surface area contributed by atoms with Gasteiger partial charge in [-0.3, -0.25) is 4.79 Å². The summed E-state index contributed by atoms with van der Waals surface area (Å²) in [6.07, 6.45) is 3.11. The average molecular weight is 291 g/mol. The Balaban J connectivity index is 2.11. The zero-order valence-corrected chi connectivity index (χ0v) is 14.0. The fraction of sp³-hybridized carbons (Fsp3) is 0.588. The molecule has 1 aromatic rings. The smallest absolute Gasteiger partial charge is 0.226 e. The summed E-state index contributed by atoms with van der Waals surface area (Å²) in [5.74, 6) is 0.535. The monoisotopic (exact) mass is 291 g/mol. The number of hydrogen-bond acceptors (Lipinski definition) is 2. The van der Waals surface area contributed by atoms with Crippen molar-refractivity contribution in [2.45, 2.75) is 51.6 Å². The Bertz CT molecular complexity index is 496. The highest BCUT2D eigenvalue weighted by Gasteiger charge is 2.52. The zero-order valence-electron chi connectivity index (χ0n) is 13.1. The predicted molar refractivity (Wildman–Crippen MR) is 85.8 cm³/mol. The lowest BCUT2D eigenvalue weighted by atomic mass is 10.1. The highest BCUT2D eigenvalue weighted by Crippen LogP contribution is 2.52. The molecule has 0 N–H and O–H groups in total. The van der Waals surface area contributed by atoms with Gasteiger partial charge in [0, 0.05) is 23.4 Å². The SMILES string of the molecule is CSc1cccc(CN(C(=O)C2CC2(C)C)C(C)C)c1. The zero-order chi connectivity index (χ0) is 14.9. The molecule has 0 heterocycles. The Labute approximate surface area is 126 Å². The van der Waals surface area contributed by atoms with Crippen molar-refractivity contribution in [1.82, 2.24) is 4.90 Å². The van der Waals surface area contributed by atoms with Crippen molar-refractivity contribution in [3.8, 4) is 0 Å². The molecule has 0 aliphatic heterocycles. The second-order valence-electron chi connectivity index (χ2n) is 6.66. The Morgan fingerprint density at radius 3 is 2.60 bits per heavy atom. The molecule has 0 aromatic heterocycles. The van der Waals surface area contributed by atoms with E-state index < -0.39 is 0 Å². The summed E-state index contributed by atoms with van der Waals surface area (Å²) in [5.41, 5.74) is 1.42. The maximum absolute atomic E-state index is 12.6. The van der Waals surface area contributed by atoms with Crippen molar-refractivity contribution in [2.75, 3.05) is 6.26 Å². The predicted octanol–water partition coefficient (Wildman–Crippen LogP) is 4.19. The number of amides is 1. The minimum atomic E-state index is 0.200. The molecule has 1 aromatic carbocycles. The number of carbonyl (C=O) groups excluding carboxylic acids is 1. The van der Waals surface area contributed by atoms with E-state index in [0.29, 0.717) is 5.91 Å². The third-order valence-electron chi connectivity index (χ3n) is 4.21. The molecule has 1 aliphatic carbocycles. The second-order valence-corrected chi connectivity index (χ2v) is 7.54. The summed E-state index contributed by atoms with van der Waals surface area (Å²) in [6, 6.07) is 8.73. The van der Waals surface area contributed by atoms with Gasteiger partial charge in [-0.2, -0.15) is 0 Å². The molecule has 2 nitrogen and oxygen atoms in total. The van der Waals surface area contributed by atoms with Gasteiger partial charge in [0.15, 0.2) is 0 Å². The highest BCUT2D eigenvalue weighted by molar-refractivity contribution is 7.98. The molecule has 1 amide bonds. The summed E-state index contributed by atoms with van der Waals surface area (Å²) in [6.45, 7) is 9.29. The minimum absolute atomic E-state index is 0.200. The Morgan fingerprint density at radius 1 is 1.45 bits per heavy atom. The quantitative estimate of drug-likeness (QED) is 0.758. The van der Waals surface area contributed by atoms with Crippen LogP contribution in [-0.2, 0) is 11.3 Å². The summed E-state index contributed by atoms with van der Waals surface area (Å²) in [7, 11) is 0. The number of carbonyl (C=O) groups is 1. The number of nitrogens with zero attached hydrogens (tertiary/aromatic N) is 1. The molecule has 1 aliphatic rings. The van der Waals surface area contributed by atoms with Crippen molar-refractivity contribution in [1.29, 1.82) is 0 Å².